The Labute approximate surface area is 122 Å². The number of amides is 1. The second kappa shape index (κ2) is 5.61. The molecule has 7 nitrogen and oxygen atoms in total. The summed E-state index contributed by atoms with van der Waals surface area (Å²) in [4.78, 5) is 22.2. The lowest BCUT2D eigenvalue weighted by atomic mass is 10.0. The Morgan fingerprint density at radius 3 is 2.90 bits per heavy atom. The zero-order chi connectivity index (χ0) is 14.8. The molecule has 1 saturated heterocycles. The molecule has 0 saturated carbocycles. The number of aliphatic hydroxyl groups is 1. The van der Waals surface area contributed by atoms with Crippen molar-refractivity contribution in [3.63, 3.8) is 0 Å². The number of nitrogens with zero attached hydrogens (tertiary/aromatic N) is 5. The standard InChI is InChI=1S/C14H17N5O2/c1-10(20)12-4-5-18(7-12)14(21)11-2-3-13(16-6-11)19-9-15-8-17-19/h2-3,6,8-10,12,20H,4-5,7H2,1H3. The SMILES string of the molecule is CC(O)C1CCN(C(=O)c2ccc(-n3cncn3)nc2)C1. The summed E-state index contributed by atoms with van der Waals surface area (Å²) in [5, 5.41) is 13.6. The van der Waals surface area contributed by atoms with Crippen LogP contribution in [0.25, 0.3) is 5.82 Å². The highest BCUT2D eigenvalue weighted by Crippen LogP contribution is 2.21. The van der Waals surface area contributed by atoms with Crippen LogP contribution >= 0.6 is 0 Å². The van der Waals surface area contributed by atoms with Gasteiger partial charge in [0.15, 0.2) is 5.82 Å². The normalized spacial score (nSPS) is 19.7. The maximum absolute atomic E-state index is 12.4. The lowest BCUT2D eigenvalue weighted by molar-refractivity contribution is 0.0762. The van der Waals surface area contributed by atoms with Crippen LogP contribution in [0.1, 0.15) is 23.7 Å². The van der Waals surface area contributed by atoms with Gasteiger partial charge in [0, 0.05) is 25.2 Å². The van der Waals surface area contributed by atoms with Gasteiger partial charge in [0.2, 0.25) is 0 Å². The van der Waals surface area contributed by atoms with Crippen molar-refractivity contribution < 1.29 is 9.90 Å². The van der Waals surface area contributed by atoms with E-state index in [1.807, 2.05) is 0 Å². The number of aromatic nitrogens is 4. The molecular weight excluding hydrogens is 270 g/mol. The lowest BCUT2D eigenvalue weighted by Crippen LogP contribution is -2.30. The van der Waals surface area contributed by atoms with E-state index in [0.29, 0.717) is 24.5 Å². The second-order valence-electron chi connectivity index (χ2n) is 5.29. The monoisotopic (exact) mass is 287 g/mol. The highest BCUT2D eigenvalue weighted by atomic mass is 16.3. The van der Waals surface area contributed by atoms with Crippen molar-refractivity contribution in [1.29, 1.82) is 0 Å². The average molecular weight is 287 g/mol. The van der Waals surface area contributed by atoms with Crippen LogP contribution in [-0.4, -0.2) is 54.9 Å². The van der Waals surface area contributed by atoms with Gasteiger partial charge in [0.1, 0.15) is 12.7 Å². The van der Waals surface area contributed by atoms with Gasteiger partial charge in [-0.2, -0.15) is 5.10 Å². The van der Waals surface area contributed by atoms with E-state index in [2.05, 4.69) is 15.1 Å². The van der Waals surface area contributed by atoms with E-state index in [-0.39, 0.29) is 17.9 Å². The molecule has 3 heterocycles. The molecule has 1 amide bonds. The number of hydrogen-bond donors (Lipinski definition) is 1. The number of likely N-dealkylation sites (tertiary alicyclic amines) is 1. The van der Waals surface area contributed by atoms with Gasteiger partial charge in [-0.3, -0.25) is 4.79 Å². The molecule has 0 radical (unpaired) electrons. The van der Waals surface area contributed by atoms with Crippen molar-refractivity contribution >= 4 is 5.91 Å². The maximum Gasteiger partial charge on any atom is 0.255 e. The van der Waals surface area contributed by atoms with Crippen LogP contribution in [0.3, 0.4) is 0 Å². The van der Waals surface area contributed by atoms with Gasteiger partial charge in [-0.25, -0.2) is 14.6 Å². The summed E-state index contributed by atoms with van der Waals surface area (Å²) in [7, 11) is 0. The minimum atomic E-state index is -0.379. The molecule has 2 unspecified atom stereocenters. The summed E-state index contributed by atoms with van der Waals surface area (Å²) in [5.41, 5.74) is 0.546. The third-order valence-corrected chi connectivity index (χ3v) is 3.84. The Morgan fingerprint density at radius 1 is 1.48 bits per heavy atom. The van der Waals surface area contributed by atoms with Crippen LogP contribution in [0, 0.1) is 5.92 Å². The number of rotatable bonds is 3. The van der Waals surface area contributed by atoms with Crippen LogP contribution in [0.2, 0.25) is 0 Å². The third-order valence-electron chi connectivity index (χ3n) is 3.84. The Kier molecular flexibility index (Phi) is 3.66. The van der Waals surface area contributed by atoms with Crippen molar-refractivity contribution in [2.45, 2.75) is 19.4 Å². The highest BCUT2D eigenvalue weighted by Gasteiger charge is 2.29. The molecule has 2 aromatic heterocycles. The fourth-order valence-electron chi connectivity index (χ4n) is 2.52. The number of carbonyl (C=O) groups is 1. The topological polar surface area (TPSA) is 84.1 Å². The molecule has 0 aliphatic carbocycles. The van der Waals surface area contributed by atoms with Gasteiger partial charge in [-0.05, 0) is 25.5 Å². The van der Waals surface area contributed by atoms with Gasteiger partial charge < -0.3 is 10.0 Å². The van der Waals surface area contributed by atoms with E-state index in [1.54, 1.807) is 36.5 Å². The van der Waals surface area contributed by atoms with Crippen molar-refractivity contribution in [1.82, 2.24) is 24.6 Å². The smallest absolute Gasteiger partial charge is 0.255 e. The van der Waals surface area contributed by atoms with Crippen LogP contribution in [0.5, 0.6) is 0 Å². The molecule has 1 aliphatic heterocycles. The molecule has 7 heteroatoms. The Bertz CT molecular complexity index is 609. The van der Waals surface area contributed by atoms with E-state index in [1.165, 1.54) is 11.0 Å². The summed E-state index contributed by atoms with van der Waals surface area (Å²) in [6.45, 7) is 3.05. The Balaban J connectivity index is 1.71. The molecule has 0 spiro atoms. The number of carbonyl (C=O) groups excluding carboxylic acids is 1. The van der Waals surface area contributed by atoms with Gasteiger partial charge in [0.25, 0.3) is 5.91 Å². The first kappa shape index (κ1) is 13.7. The van der Waals surface area contributed by atoms with Crippen LogP contribution in [0.4, 0.5) is 0 Å². The first-order valence-corrected chi connectivity index (χ1v) is 6.93. The van der Waals surface area contributed by atoms with Crippen molar-refractivity contribution in [2.24, 2.45) is 5.92 Å². The fraction of sp³-hybridized carbons (Fsp3) is 0.429. The zero-order valence-electron chi connectivity index (χ0n) is 11.8. The minimum absolute atomic E-state index is 0.0456. The molecule has 2 atom stereocenters. The highest BCUT2D eigenvalue weighted by molar-refractivity contribution is 5.94. The molecule has 3 rings (SSSR count). The quantitative estimate of drug-likeness (QED) is 0.889. The van der Waals surface area contributed by atoms with Crippen molar-refractivity contribution in [3.8, 4) is 5.82 Å². The van der Waals surface area contributed by atoms with Crippen LogP contribution < -0.4 is 0 Å². The van der Waals surface area contributed by atoms with Gasteiger partial charge in [-0.1, -0.05) is 0 Å². The van der Waals surface area contributed by atoms with E-state index >= 15 is 0 Å². The lowest BCUT2D eigenvalue weighted by Gasteiger charge is -2.17. The molecule has 0 bridgehead atoms. The fourth-order valence-corrected chi connectivity index (χ4v) is 2.52. The average Bonchev–Trinajstić information content (AvgIpc) is 3.18. The summed E-state index contributed by atoms with van der Waals surface area (Å²) >= 11 is 0. The predicted molar refractivity (Wildman–Crippen MR) is 74.8 cm³/mol. The number of aliphatic hydroxyl groups excluding tert-OH is 1. The largest absolute Gasteiger partial charge is 0.393 e. The summed E-state index contributed by atoms with van der Waals surface area (Å²) in [6.07, 6.45) is 5.00. The van der Waals surface area contributed by atoms with E-state index < -0.39 is 0 Å². The molecule has 1 fully saturated rings. The molecule has 21 heavy (non-hydrogen) atoms. The zero-order valence-corrected chi connectivity index (χ0v) is 11.8. The molecule has 0 aromatic carbocycles. The first-order chi connectivity index (χ1) is 10.1. The Morgan fingerprint density at radius 2 is 2.33 bits per heavy atom. The second-order valence-corrected chi connectivity index (χ2v) is 5.29. The minimum Gasteiger partial charge on any atom is -0.393 e. The van der Waals surface area contributed by atoms with Crippen LogP contribution in [-0.2, 0) is 0 Å². The van der Waals surface area contributed by atoms with Crippen LogP contribution in [0.15, 0.2) is 31.0 Å². The van der Waals surface area contributed by atoms with Crippen molar-refractivity contribution in [3.05, 3.63) is 36.5 Å². The van der Waals surface area contributed by atoms with Crippen molar-refractivity contribution in [2.75, 3.05) is 13.1 Å². The van der Waals surface area contributed by atoms with Gasteiger partial charge in [-0.15, -0.1) is 0 Å². The number of hydrogen-bond acceptors (Lipinski definition) is 5. The maximum atomic E-state index is 12.4. The predicted octanol–water partition coefficient (Wildman–Crippen LogP) is 0.505. The first-order valence-electron chi connectivity index (χ1n) is 6.93. The van der Waals surface area contributed by atoms with E-state index in [4.69, 9.17) is 0 Å². The molecule has 1 aliphatic rings. The third kappa shape index (κ3) is 2.78. The summed E-state index contributed by atoms with van der Waals surface area (Å²) < 4.78 is 1.54. The van der Waals surface area contributed by atoms with E-state index in [9.17, 15) is 9.90 Å². The summed E-state index contributed by atoms with van der Waals surface area (Å²) in [6, 6.07) is 3.48. The molecule has 1 N–H and O–H groups in total. The van der Waals surface area contributed by atoms with Gasteiger partial charge in [0.05, 0.1) is 11.7 Å². The van der Waals surface area contributed by atoms with Gasteiger partial charge >= 0.3 is 0 Å². The molecule has 110 valence electrons. The number of pyridine rings is 1. The summed E-state index contributed by atoms with van der Waals surface area (Å²) in [5.74, 6) is 0.736. The molecular formula is C14H17N5O2. The molecule has 2 aromatic rings. The van der Waals surface area contributed by atoms with E-state index in [0.717, 1.165) is 6.42 Å². The Hall–Kier alpha value is -2.28.